The van der Waals surface area contributed by atoms with E-state index in [0.717, 1.165) is 18.4 Å². The molecule has 2 aromatic carbocycles. The molecule has 0 radical (unpaired) electrons. The summed E-state index contributed by atoms with van der Waals surface area (Å²) in [5.74, 6) is 0.488. The lowest BCUT2D eigenvalue weighted by Gasteiger charge is -2.14. The zero-order chi connectivity index (χ0) is 22.3. The first-order valence-electron chi connectivity index (χ1n) is 10.4. The van der Waals surface area contributed by atoms with Gasteiger partial charge < -0.3 is 10.4 Å². The molecule has 0 bridgehead atoms. The summed E-state index contributed by atoms with van der Waals surface area (Å²) in [7, 11) is 0. The highest BCUT2D eigenvalue weighted by Crippen LogP contribution is 2.48. The molecule has 0 saturated heterocycles. The van der Waals surface area contributed by atoms with E-state index in [4.69, 9.17) is 23.2 Å². The molecule has 0 atom stereocenters. The number of carbonyl (C=O) groups is 1. The summed E-state index contributed by atoms with van der Waals surface area (Å²) >= 11 is 14.1. The number of nitrogens with one attached hydrogen (secondary N) is 1. The number of anilines is 1. The standard InChI is InChI=1S/C22H21Cl2N5O2S/c23-16-10-15(22(12-30)7-8-22)4-5-18(16)25-20(31)11-32-21-26-27-28-29(21)19-6-3-14(9-17(19)24)13-1-2-13/h3-6,9-10,13,30H,1-2,7-8,11-12H2,(H,25,31). The van der Waals surface area contributed by atoms with Crippen LogP contribution in [0.1, 0.15) is 42.7 Å². The molecule has 0 aliphatic heterocycles. The lowest BCUT2D eigenvalue weighted by molar-refractivity contribution is -0.113. The van der Waals surface area contributed by atoms with Crippen molar-refractivity contribution in [3.05, 3.63) is 57.6 Å². The summed E-state index contributed by atoms with van der Waals surface area (Å²) in [6, 6.07) is 11.4. The van der Waals surface area contributed by atoms with Crippen molar-refractivity contribution in [3.8, 4) is 5.69 Å². The van der Waals surface area contributed by atoms with Crippen LogP contribution in [0.3, 0.4) is 0 Å². The third-order valence-corrected chi connectivity index (χ3v) is 7.57. The summed E-state index contributed by atoms with van der Waals surface area (Å²) in [6.45, 7) is 0.105. The number of benzene rings is 2. The molecule has 1 heterocycles. The van der Waals surface area contributed by atoms with Gasteiger partial charge in [0.15, 0.2) is 0 Å². The molecule has 2 saturated carbocycles. The van der Waals surface area contributed by atoms with Gasteiger partial charge in [0.2, 0.25) is 11.1 Å². The molecule has 0 unspecified atom stereocenters. The number of hydrogen-bond acceptors (Lipinski definition) is 6. The number of aromatic nitrogens is 4. The van der Waals surface area contributed by atoms with E-state index in [1.54, 1.807) is 10.7 Å². The Kier molecular flexibility index (Phi) is 5.88. The number of thioether (sulfide) groups is 1. The lowest BCUT2D eigenvalue weighted by atomic mass is 9.97. The van der Waals surface area contributed by atoms with Crippen LogP contribution in [-0.4, -0.2) is 43.6 Å². The number of rotatable bonds is 8. The second-order valence-corrected chi connectivity index (χ2v) is 10.1. The predicted molar refractivity (Wildman–Crippen MR) is 125 cm³/mol. The van der Waals surface area contributed by atoms with E-state index in [0.29, 0.717) is 32.5 Å². The SMILES string of the molecule is O=C(CSc1nnnn1-c1ccc(C2CC2)cc1Cl)Nc1ccc(C2(CO)CC2)cc1Cl. The molecule has 2 N–H and O–H groups in total. The number of carbonyl (C=O) groups excluding carboxylic acids is 1. The van der Waals surface area contributed by atoms with Crippen molar-refractivity contribution in [3.63, 3.8) is 0 Å². The quantitative estimate of drug-likeness (QED) is 0.449. The Hall–Kier alpha value is -2.13. The van der Waals surface area contributed by atoms with Gasteiger partial charge in [-0.2, -0.15) is 4.68 Å². The molecule has 0 spiro atoms. The fourth-order valence-electron chi connectivity index (χ4n) is 3.74. The average molecular weight is 490 g/mol. The van der Waals surface area contributed by atoms with Gasteiger partial charge in [0.25, 0.3) is 0 Å². The fraction of sp³-hybridized carbons (Fsp3) is 0.364. The van der Waals surface area contributed by atoms with E-state index < -0.39 is 0 Å². The van der Waals surface area contributed by atoms with E-state index in [9.17, 15) is 9.90 Å². The van der Waals surface area contributed by atoms with Gasteiger partial charge >= 0.3 is 0 Å². The van der Waals surface area contributed by atoms with Crippen LogP contribution in [-0.2, 0) is 10.2 Å². The third-order valence-electron chi connectivity index (χ3n) is 6.03. The largest absolute Gasteiger partial charge is 0.395 e. The first kappa shape index (κ1) is 21.7. The molecule has 2 fully saturated rings. The monoisotopic (exact) mass is 489 g/mol. The summed E-state index contributed by atoms with van der Waals surface area (Å²) in [4.78, 5) is 12.5. The van der Waals surface area contributed by atoms with Gasteiger partial charge in [0, 0.05) is 5.41 Å². The van der Waals surface area contributed by atoms with Gasteiger partial charge in [0.05, 0.1) is 33.8 Å². The fourth-order valence-corrected chi connectivity index (χ4v) is 4.92. The highest BCUT2D eigenvalue weighted by molar-refractivity contribution is 7.99. The Morgan fingerprint density at radius 3 is 2.66 bits per heavy atom. The number of hydrogen-bond donors (Lipinski definition) is 2. The van der Waals surface area contributed by atoms with E-state index >= 15 is 0 Å². The van der Waals surface area contributed by atoms with Crippen molar-refractivity contribution in [1.29, 1.82) is 0 Å². The molecule has 166 valence electrons. The highest BCUT2D eigenvalue weighted by Gasteiger charge is 2.43. The molecular weight excluding hydrogens is 469 g/mol. The van der Waals surface area contributed by atoms with Crippen molar-refractivity contribution in [2.75, 3.05) is 17.7 Å². The summed E-state index contributed by atoms with van der Waals surface area (Å²) in [5, 5.41) is 25.7. The zero-order valence-corrected chi connectivity index (χ0v) is 19.4. The zero-order valence-electron chi connectivity index (χ0n) is 17.1. The third kappa shape index (κ3) is 4.37. The highest BCUT2D eigenvalue weighted by atomic mass is 35.5. The molecule has 10 heteroatoms. The van der Waals surface area contributed by atoms with Gasteiger partial charge in [-0.1, -0.05) is 47.1 Å². The average Bonchev–Trinajstić information content (AvgIpc) is 3.71. The number of tetrazole rings is 1. The second kappa shape index (κ2) is 8.67. The van der Waals surface area contributed by atoms with Crippen LogP contribution < -0.4 is 5.32 Å². The number of nitrogens with zero attached hydrogens (tertiary/aromatic N) is 4. The van der Waals surface area contributed by atoms with E-state index in [1.807, 2.05) is 24.3 Å². The second-order valence-electron chi connectivity index (χ2n) is 8.33. The van der Waals surface area contributed by atoms with E-state index in [1.165, 1.54) is 30.2 Å². The molecule has 7 nitrogen and oxygen atoms in total. The van der Waals surface area contributed by atoms with Crippen molar-refractivity contribution in [2.24, 2.45) is 0 Å². The normalized spacial score (nSPS) is 16.7. The topological polar surface area (TPSA) is 92.9 Å². The van der Waals surface area contributed by atoms with Gasteiger partial charge in [-0.25, -0.2) is 0 Å². The Labute approximate surface area is 199 Å². The molecule has 2 aliphatic carbocycles. The molecule has 3 aromatic rings. The molecule has 1 amide bonds. The van der Waals surface area contributed by atoms with E-state index in [2.05, 4.69) is 26.9 Å². The number of aliphatic hydroxyl groups is 1. The smallest absolute Gasteiger partial charge is 0.234 e. The number of aliphatic hydroxyl groups excluding tert-OH is 1. The molecule has 5 rings (SSSR count). The minimum Gasteiger partial charge on any atom is -0.395 e. The maximum atomic E-state index is 12.5. The Balaban J connectivity index is 1.23. The van der Waals surface area contributed by atoms with Crippen LogP contribution in [0, 0.1) is 0 Å². The number of amides is 1. The van der Waals surface area contributed by atoms with Crippen LogP contribution in [0.25, 0.3) is 5.69 Å². The van der Waals surface area contributed by atoms with Gasteiger partial charge in [-0.3, -0.25) is 4.79 Å². The minimum atomic E-state index is -0.224. The predicted octanol–water partition coefficient (Wildman–Crippen LogP) is 4.60. The Morgan fingerprint density at radius 1 is 1.19 bits per heavy atom. The first-order valence-corrected chi connectivity index (χ1v) is 12.1. The molecule has 32 heavy (non-hydrogen) atoms. The first-order chi connectivity index (χ1) is 15.5. The van der Waals surface area contributed by atoms with Crippen LogP contribution in [0.4, 0.5) is 5.69 Å². The Morgan fingerprint density at radius 2 is 2.00 bits per heavy atom. The van der Waals surface area contributed by atoms with Crippen LogP contribution in [0.5, 0.6) is 0 Å². The lowest BCUT2D eigenvalue weighted by Crippen LogP contribution is -2.16. The number of halogens is 2. The summed E-state index contributed by atoms with van der Waals surface area (Å²) in [5.41, 5.74) is 3.28. The maximum Gasteiger partial charge on any atom is 0.234 e. The molecular formula is C22H21Cl2N5O2S. The van der Waals surface area contributed by atoms with Gasteiger partial charge in [0.1, 0.15) is 0 Å². The van der Waals surface area contributed by atoms with Gasteiger partial charge in [-0.05, 0) is 77.4 Å². The minimum absolute atomic E-state index is 0.105. The van der Waals surface area contributed by atoms with Crippen LogP contribution in [0.15, 0.2) is 41.6 Å². The van der Waals surface area contributed by atoms with Crippen molar-refractivity contribution >= 4 is 46.6 Å². The van der Waals surface area contributed by atoms with E-state index in [-0.39, 0.29) is 23.7 Å². The summed E-state index contributed by atoms with van der Waals surface area (Å²) in [6.07, 6.45) is 4.30. The van der Waals surface area contributed by atoms with Crippen molar-refractivity contribution in [2.45, 2.75) is 42.2 Å². The summed E-state index contributed by atoms with van der Waals surface area (Å²) < 4.78 is 1.54. The van der Waals surface area contributed by atoms with Crippen LogP contribution >= 0.6 is 35.0 Å². The van der Waals surface area contributed by atoms with Gasteiger partial charge in [-0.15, -0.1) is 5.10 Å². The molecule has 1 aromatic heterocycles. The molecule has 2 aliphatic rings. The van der Waals surface area contributed by atoms with Crippen molar-refractivity contribution < 1.29 is 9.90 Å². The maximum absolute atomic E-state index is 12.5. The Bertz CT molecular complexity index is 1180. The van der Waals surface area contributed by atoms with Crippen LogP contribution in [0.2, 0.25) is 10.0 Å². The van der Waals surface area contributed by atoms with Crippen molar-refractivity contribution in [1.82, 2.24) is 20.2 Å².